The Balaban J connectivity index is 2.01. The van der Waals surface area contributed by atoms with Gasteiger partial charge < -0.3 is 15.4 Å². The van der Waals surface area contributed by atoms with Gasteiger partial charge in [-0.3, -0.25) is 4.79 Å². The second-order valence-electron chi connectivity index (χ2n) is 3.95. The molecule has 1 saturated heterocycles. The highest BCUT2D eigenvalue weighted by atomic mass is 16.5. The molecule has 0 unspecified atom stereocenters. The zero-order valence-corrected chi connectivity index (χ0v) is 8.24. The van der Waals surface area contributed by atoms with Crippen molar-refractivity contribution in [3.8, 4) is 0 Å². The zero-order valence-electron chi connectivity index (χ0n) is 8.24. The average molecular weight is 196 g/mol. The molecule has 2 N–H and O–H groups in total. The van der Waals surface area contributed by atoms with Gasteiger partial charge in [-0.15, -0.1) is 0 Å². The average Bonchev–Trinajstić information content (AvgIpc) is 2.70. The SMILES string of the molecule is NC1(C(=O)N2CC=CC2)CCOCC1. The van der Waals surface area contributed by atoms with Crippen molar-refractivity contribution in [3.05, 3.63) is 12.2 Å². The molecule has 2 heterocycles. The van der Waals surface area contributed by atoms with E-state index in [0.717, 1.165) is 0 Å². The van der Waals surface area contributed by atoms with Crippen LogP contribution in [0.2, 0.25) is 0 Å². The summed E-state index contributed by atoms with van der Waals surface area (Å²) in [6.07, 6.45) is 5.28. The van der Waals surface area contributed by atoms with E-state index in [-0.39, 0.29) is 5.91 Å². The van der Waals surface area contributed by atoms with Gasteiger partial charge in [0.15, 0.2) is 0 Å². The van der Waals surface area contributed by atoms with Crippen molar-refractivity contribution in [3.63, 3.8) is 0 Å². The van der Waals surface area contributed by atoms with Gasteiger partial charge in [0, 0.05) is 26.3 Å². The van der Waals surface area contributed by atoms with Crippen LogP contribution < -0.4 is 5.73 Å². The van der Waals surface area contributed by atoms with E-state index in [9.17, 15) is 4.79 Å². The molecule has 4 heteroatoms. The highest BCUT2D eigenvalue weighted by molar-refractivity contribution is 5.86. The maximum atomic E-state index is 12.0. The fourth-order valence-electron chi connectivity index (χ4n) is 1.91. The van der Waals surface area contributed by atoms with E-state index in [1.165, 1.54) is 0 Å². The number of hydrogen-bond donors (Lipinski definition) is 1. The summed E-state index contributed by atoms with van der Waals surface area (Å²) in [7, 11) is 0. The molecule has 2 aliphatic rings. The molecule has 0 aromatic heterocycles. The van der Waals surface area contributed by atoms with Crippen molar-refractivity contribution in [2.45, 2.75) is 18.4 Å². The van der Waals surface area contributed by atoms with Gasteiger partial charge in [-0.05, 0) is 12.8 Å². The maximum Gasteiger partial charge on any atom is 0.243 e. The summed E-state index contributed by atoms with van der Waals surface area (Å²) in [6.45, 7) is 2.62. The molecule has 0 saturated carbocycles. The maximum absolute atomic E-state index is 12.0. The highest BCUT2D eigenvalue weighted by Crippen LogP contribution is 2.21. The van der Waals surface area contributed by atoms with E-state index in [1.54, 1.807) is 4.90 Å². The normalized spacial score (nSPS) is 25.4. The molecule has 78 valence electrons. The Hall–Kier alpha value is -0.870. The quantitative estimate of drug-likeness (QED) is 0.595. The van der Waals surface area contributed by atoms with Gasteiger partial charge in [0.25, 0.3) is 0 Å². The standard InChI is InChI=1S/C10H16N2O2/c11-10(3-7-14-8-4-10)9(13)12-5-1-2-6-12/h1-2H,3-8,11H2. The Morgan fingerprint density at radius 1 is 1.29 bits per heavy atom. The molecular formula is C10H16N2O2. The summed E-state index contributed by atoms with van der Waals surface area (Å²) < 4.78 is 5.21. The topological polar surface area (TPSA) is 55.6 Å². The minimum Gasteiger partial charge on any atom is -0.381 e. The van der Waals surface area contributed by atoms with Gasteiger partial charge in [0.05, 0.1) is 5.54 Å². The molecule has 2 rings (SSSR count). The first-order chi connectivity index (χ1) is 6.72. The van der Waals surface area contributed by atoms with Crippen molar-refractivity contribution >= 4 is 5.91 Å². The predicted molar refractivity (Wildman–Crippen MR) is 52.7 cm³/mol. The summed E-state index contributed by atoms with van der Waals surface area (Å²) in [4.78, 5) is 13.8. The number of rotatable bonds is 1. The smallest absolute Gasteiger partial charge is 0.243 e. The summed E-state index contributed by atoms with van der Waals surface area (Å²) in [6, 6.07) is 0. The van der Waals surface area contributed by atoms with E-state index >= 15 is 0 Å². The Kier molecular flexibility index (Phi) is 2.56. The van der Waals surface area contributed by atoms with Crippen molar-refractivity contribution in [1.82, 2.24) is 4.90 Å². The van der Waals surface area contributed by atoms with Crippen LogP contribution in [0.1, 0.15) is 12.8 Å². The number of carbonyl (C=O) groups is 1. The second-order valence-corrected chi connectivity index (χ2v) is 3.95. The van der Waals surface area contributed by atoms with Crippen LogP contribution in [0.15, 0.2) is 12.2 Å². The first kappa shape index (κ1) is 9.68. The lowest BCUT2D eigenvalue weighted by Gasteiger charge is -2.35. The number of nitrogens with two attached hydrogens (primary N) is 1. The summed E-state index contributed by atoms with van der Waals surface area (Å²) in [5, 5.41) is 0. The Bertz CT molecular complexity index is 249. The fraction of sp³-hybridized carbons (Fsp3) is 0.700. The predicted octanol–water partition coefficient (Wildman–Crippen LogP) is -0.107. The molecule has 14 heavy (non-hydrogen) atoms. The van der Waals surface area contributed by atoms with Crippen LogP contribution in [0.5, 0.6) is 0 Å². The van der Waals surface area contributed by atoms with E-state index in [2.05, 4.69) is 0 Å². The van der Waals surface area contributed by atoms with Crippen molar-refractivity contribution < 1.29 is 9.53 Å². The summed E-state index contributed by atoms with van der Waals surface area (Å²) in [5.74, 6) is 0.0748. The first-order valence-electron chi connectivity index (χ1n) is 5.03. The molecule has 0 aromatic carbocycles. The highest BCUT2D eigenvalue weighted by Gasteiger charge is 2.38. The van der Waals surface area contributed by atoms with E-state index in [4.69, 9.17) is 10.5 Å². The van der Waals surface area contributed by atoms with Crippen molar-refractivity contribution in [1.29, 1.82) is 0 Å². The third-order valence-electron chi connectivity index (χ3n) is 2.92. The molecule has 2 aliphatic heterocycles. The summed E-state index contributed by atoms with van der Waals surface area (Å²) >= 11 is 0. The zero-order chi connectivity index (χ0) is 10.0. The van der Waals surface area contributed by atoms with Gasteiger partial charge in [0.1, 0.15) is 0 Å². The van der Waals surface area contributed by atoms with Crippen molar-refractivity contribution in [2.24, 2.45) is 5.73 Å². The molecule has 0 aromatic rings. The lowest BCUT2D eigenvalue weighted by atomic mass is 9.90. The third-order valence-corrected chi connectivity index (χ3v) is 2.92. The van der Waals surface area contributed by atoms with E-state index in [1.807, 2.05) is 12.2 Å². The van der Waals surface area contributed by atoms with Crippen molar-refractivity contribution in [2.75, 3.05) is 26.3 Å². The lowest BCUT2D eigenvalue weighted by molar-refractivity contribution is -0.139. The molecule has 0 spiro atoms. The molecule has 0 atom stereocenters. The Labute approximate surface area is 83.7 Å². The third kappa shape index (κ3) is 1.67. The number of nitrogens with zero attached hydrogens (tertiary/aromatic N) is 1. The second kappa shape index (κ2) is 3.71. The minimum absolute atomic E-state index is 0.0748. The molecule has 1 fully saturated rings. The van der Waals surface area contributed by atoms with Crippen LogP contribution in [-0.2, 0) is 9.53 Å². The van der Waals surface area contributed by atoms with Crippen LogP contribution >= 0.6 is 0 Å². The number of ether oxygens (including phenoxy) is 1. The molecule has 0 bridgehead atoms. The number of carbonyl (C=O) groups excluding carboxylic acids is 1. The minimum atomic E-state index is -0.676. The molecule has 0 radical (unpaired) electrons. The van der Waals surface area contributed by atoms with Crippen LogP contribution in [0.25, 0.3) is 0 Å². The van der Waals surface area contributed by atoms with Gasteiger partial charge in [-0.25, -0.2) is 0 Å². The molecule has 4 nitrogen and oxygen atoms in total. The van der Waals surface area contributed by atoms with Gasteiger partial charge >= 0.3 is 0 Å². The van der Waals surface area contributed by atoms with Gasteiger partial charge in [0.2, 0.25) is 5.91 Å². The van der Waals surface area contributed by atoms with Crippen LogP contribution in [-0.4, -0.2) is 42.6 Å². The largest absolute Gasteiger partial charge is 0.381 e. The number of hydrogen-bond acceptors (Lipinski definition) is 3. The van der Waals surface area contributed by atoms with Crippen LogP contribution in [0.4, 0.5) is 0 Å². The Morgan fingerprint density at radius 3 is 2.43 bits per heavy atom. The van der Waals surface area contributed by atoms with E-state index < -0.39 is 5.54 Å². The summed E-state index contributed by atoms with van der Waals surface area (Å²) in [5.41, 5.74) is 5.41. The first-order valence-corrected chi connectivity index (χ1v) is 5.03. The molecular weight excluding hydrogens is 180 g/mol. The lowest BCUT2D eigenvalue weighted by Crippen LogP contribution is -2.57. The molecule has 0 aliphatic carbocycles. The monoisotopic (exact) mass is 196 g/mol. The molecule has 1 amide bonds. The fourth-order valence-corrected chi connectivity index (χ4v) is 1.91. The van der Waals surface area contributed by atoms with Gasteiger partial charge in [-0.1, -0.05) is 12.2 Å². The van der Waals surface area contributed by atoms with Crippen LogP contribution in [0, 0.1) is 0 Å². The van der Waals surface area contributed by atoms with Gasteiger partial charge in [-0.2, -0.15) is 0 Å². The van der Waals surface area contributed by atoms with Crippen LogP contribution in [0.3, 0.4) is 0 Å². The Morgan fingerprint density at radius 2 is 1.86 bits per heavy atom. The number of amides is 1. The van der Waals surface area contributed by atoms with E-state index in [0.29, 0.717) is 39.1 Å².